The average Bonchev–Trinajstić information content (AvgIpc) is 3.08. The van der Waals surface area contributed by atoms with Crippen molar-refractivity contribution < 1.29 is 18.0 Å². The highest BCUT2D eigenvalue weighted by Crippen LogP contribution is 2.39. The Kier molecular flexibility index (Phi) is 4.75. The lowest BCUT2D eigenvalue weighted by molar-refractivity contribution is -0.137. The highest BCUT2D eigenvalue weighted by Gasteiger charge is 2.36. The van der Waals surface area contributed by atoms with Gasteiger partial charge in [0.25, 0.3) is 5.91 Å². The molecule has 2 aliphatic rings. The van der Waals surface area contributed by atoms with Gasteiger partial charge in [0.1, 0.15) is 24.0 Å². The van der Waals surface area contributed by atoms with E-state index in [2.05, 4.69) is 20.6 Å². The minimum Gasteiger partial charge on any atom is -0.355 e. The van der Waals surface area contributed by atoms with Gasteiger partial charge >= 0.3 is 6.18 Å². The monoisotopic (exact) mass is 419 g/mol. The molecule has 4 rings (SSSR count). The molecule has 148 valence electrons. The fraction of sp³-hybridized carbons (Fsp3) is 0.105. The molecule has 1 atom stereocenters. The topological polar surface area (TPSA) is 70.2 Å². The Morgan fingerprint density at radius 3 is 2.76 bits per heavy atom. The Labute approximate surface area is 168 Å². The second-order valence-electron chi connectivity index (χ2n) is 6.20. The van der Waals surface area contributed by atoms with Crippen LogP contribution in [0.4, 0.5) is 19.0 Å². The van der Waals surface area contributed by atoms with Gasteiger partial charge in [0.15, 0.2) is 0 Å². The standard InChI is InChI=1S/C19H13ClF3N5O/c20-13-9-11(19(21,22)23)4-5-12(13)17-27-16(14-3-1-2-8-28(14)17)18(29)26-15-6-7-24-10-25-15/h1-10,17,27H,(H,24,25,26,29). The Bertz CT molecular complexity index is 1050. The number of anilines is 1. The maximum absolute atomic E-state index is 12.9. The number of aromatic nitrogens is 2. The van der Waals surface area contributed by atoms with Crippen molar-refractivity contribution in [3.63, 3.8) is 0 Å². The molecule has 0 bridgehead atoms. The van der Waals surface area contributed by atoms with E-state index in [1.54, 1.807) is 29.3 Å². The molecule has 0 spiro atoms. The number of fused-ring (bicyclic) bond motifs is 1. The third-order valence-corrected chi connectivity index (χ3v) is 4.71. The number of benzene rings is 1. The maximum atomic E-state index is 12.9. The van der Waals surface area contributed by atoms with Crippen molar-refractivity contribution >= 4 is 23.3 Å². The van der Waals surface area contributed by atoms with Crippen molar-refractivity contribution in [1.82, 2.24) is 20.2 Å². The normalized spacial score (nSPS) is 17.9. The summed E-state index contributed by atoms with van der Waals surface area (Å²) in [6, 6.07) is 4.68. The molecule has 1 aromatic heterocycles. The van der Waals surface area contributed by atoms with Crippen molar-refractivity contribution in [2.45, 2.75) is 12.3 Å². The van der Waals surface area contributed by atoms with E-state index in [0.717, 1.165) is 12.1 Å². The van der Waals surface area contributed by atoms with Crippen LogP contribution in [0.5, 0.6) is 0 Å². The van der Waals surface area contributed by atoms with Crippen LogP contribution in [0.25, 0.3) is 0 Å². The molecule has 2 aliphatic heterocycles. The first-order valence-electron chi connectivity index (χ1n) is 8.42. The van der Waals surface area contributed by atoms with Crippen molar-refractivity contribution in [1.29, 1.82) is 0 Å². The number of carbonyl (C=O) groups is 1. The first-order chi connectivity index (χ1) is 13.8. The fourth-order valence-corrected chi connectivity index (χ4v) is 3.34. The Balaban J connectivity index is 1.64. The molecule has 0 fully saturated rings. The third-order valence-electron chi connectivity index (χ3n) is 4.38. The molecular weight excluding hydrogens is 407 g/mol. The van der Waals surface area contributed by atoms with Crippen LogP contribution >= 0.6 is 11.6 Å². The number of alkyl halides is 3. The zero-order valence-corrected chi connectivity index (χ0v) is 15.4. The largest absolute Gasteiger partial charge is 0.416 e. The molecular formula is C19H13ClF3N5O. The van der Waals surface area contributed by atoms with Gasteiger partial charge in [-0.15, -0.1) is 0 Å². The van der Waals surface area contributed by atoms with Crippen LogP contribution in [0.2, 0.25) is 5.02 Å². The maximum Gasteiger partial charge on any atom is 0.416 e. The summed E-state index contributed by atoms with van der Waals surface area (Å²) in [5.41, 5.74) is 0.361. The van der Waals surface area contributed by atoms with Gasteiger partial charge in [-0.2, -0.15) is 13.2 Å². The molecule has 29 heavy (non-hydrogen) atoms. The van der Waals surface area contributed by atoms with Crippen LogP contribution in [0.3, 0.4) is 0 Å². The zero-order valence-electron chi connectivity index (χ0n) is 14.6. The van der Waals surface area contributed by atoms with E-state index in [1.165, 1.54) is 24.7 Å². The van der Waals surface area contributed by atoms with Crippen molar-refractivity contribution in [3.05, 3.63) is 88.8 Å². The van der Waals surface area contributed by atoms with Crippen molar-refractivity contribution in [3.8, 4) is 0 Å². The summed E-state index contributed by atoms with van der Waals surface area (Å²) < 4.78 is 38.8. The van der Waals surface area contributed by atoms with Gasteiger partial charge in [-0.3, -0.25) is 4.79 Å². The first kappa shape index (κ1) is 19.0. The number of nitrogens with one attached hydrogen (secondary N) is 2. The molecule has 6 nitrogen and oxygen atoms in total. The number of hydrogen-bond acceptors (Lipinski definition) is 5. The van der Waals surface area contributed by atoms with E-state index >= 15 is 0 Å². The number of amides is 1. The summed E-state index contributed by atoms with van der Waals surface area (Å²) in [6.07, 6.45) is 4.59. The summed E-state index contributed by atoms with van der Waals surface area (Å²) in [5.74, 6) is -0.132. The predicted molar refractivity (Wildman–Crippen MR) is 100 cm³/mol. The van der Waals surface area contributed by atoms with E-state index in [4.69, 9.17) is 11.6 Å². The molecule has 3 heterocycles. The van der Waals surface area contributed by atoms with Gasteiger partial charge in [-0.1, -0.05) is 23.7 Å². The Morgan fingerprint density at radius 2 is 2.07 bits per heavy atom. The number of rotatable bonds is 3. The molecule has 0 saturated heterocycles. The van der Waals surface area contributed by atoms with E-state index in [0.29, 0.717) is 17.1 Å². The molecule has 0 radical (unpaired) electrons. The third kappa shape index (κ3) is 3.68. The van der Waals surface area contributed by atoms with Crippen LogP contribution in [0, 0.1) is 0 Å². The Morgan fingerprint density at radius 1 is 1.24 bits per heavy atom. The number of nitrogens with zero attached hydrogens (tertiary/aromatic N) is 3. The summed E-state index contributed by atoms with van der Waals surface area (Å²) in [7, 11) is 0. The first-order valence-corrected chi connectivity index (χ1v) is 8.80. The van der Waals surface area contributed by atoms with Crippen LogP contribution in [-0.4, -0.2) is 20.8 Å². The molecule has 0 aliphatic carbocycles. The lowest BCUT2D eigenvalue weighted by Crippen LogP contribution is -2.29. The van der Waals surface area contributed by atoms with E-state index in [9.17, 15) is 18.0 Å². The molecule has 10 heteroatoms. The van der Waals surface area contributed by atoms with Crippen LogP contribution < -0.4 is 10.6 Å². The lowest BCUT2D eigenvalue weighted by atomic mass is 10.1. The van der Waals surface area contributed by atoms with Gasteiger partial charge in [0.2, 0.25) is 0 Å². The van der Waals surface area contributed by atoms with E-state index in [-0.39, 0.29) is 10.7 Å². The number of halogens is 4. The molecule has 2 N–H and O–H groups in total. The minimum atomic E-state index is -4.50. The molecule has 0 saturated carbocycles. The van der Waals surface area contributed by atoms with Crippen LogP contribution in [0.1, 0.15) is 17.3 Å². The quantitative estimate of drug-likeness (QED) is 0.787. The van der Waals surface area contributed by atoms with Crippen molar-refractivity contribution in [2.75, 3.05) is 5.32 Å². The predicted octanol–water partition coefficient (Wildman–Crippen LogP) is 3.99. The molecule has 1 unspecified atom stereocenters. The zero-order chi connectivity index (χ0) is 20.6. The van der Waals surface area contributed by atoms with Crippen molar-refractivity contribution in [2.24, 2.45) is 0 Å². The van der Waals surface area contributed by atoms with Gasteiger partial charge in [-0.25, -0.2) is 9.97 Å². The van der Waals surface area contributed by atoms with Gasteiger partial charge in [0.05, 0.1) is 11.3 Å². The summed E-state index contributed by atoms with van der Waals surface area (Å²) in [5, 5.41) is 5.65. The number of allylic oxidation sites excluding steroid dienone is 3. The highest BCUT2D eigenvalue weighted by atomic mass is 35.5. The number of hydrogen-bond donors (Lipinski definition) is 2. The average molecular weight is 420 g/mol. The Hall–Kier alpha value is -3.33. The second kappa shape index (κ2) is 7.25. The molecule has 2 aromatic rings. The van der Waals surface area contributed by atoms with Crippen LogP contribution in [-0.2, 0) is 11.0 Å². The summed E-state index contributed by atoms with van der Waals surface area (Å²) in [6.45, 7) is 0. The smallest absolute Gasteiger partial charge is 0.355 e. The lowest BCUT2D eigenvalue weighted by Gasteiger charge is -2.27. The van der Waals surface area contributed by atoms with Gasteiger partial charge in [0, 0.05) is 23.0 Å². The number of carbonyl (C=O) groups excluding carboxylic acids is 1. The summed E-state index contributed by atoms with van der Waals surface area (Å²) in [4.78, 5) is 22.2. The highest BCUT2D eigenvalue weighted by molar-refractivity contribution is 6.31. The van der Waals surface area contributed by atoms with E-state index in [1.807, 2.05) is 0 Å². The minimum absolute atomic E-state index is 0.0583. The van der Waals surface area contributed by atoms with Gasteiger partial charge < -0.3 is 15.5 Å². The summed E-state index contributed by atoms with van der Waals surface area (Å²) >= 11 is 6.16. The molecule has 1 aromatic carbocycles. The second-order valence-corrected chi connectivity index (χ2v) is 6.61. The van der Waals surface area contributed by atoms with E-state index < -0.39 is 23.8 Å². The SMILES string of the molecule is O=C(Nc1ccncn1)C1=C2C=CC=CN2C(c2ccc(C(F)(F)F)cc2Cl)N1. The van der Waals surface area contributed by atoms with Crippen LogP contribution in [0.15, 0.2) is 72.6 Å². The fourth-order valence-electron chi connectivity index (χ4n) is 3.05. The molecule has 1 amide bonds. The van der Waals surface area contributed by atoms with Gasteiger partial charge in [-0.05, 0) is 30.4 Å².